The van der Waals surface area contributed by atoms with Crippen LogP contribution in [0.3, 0.4) is 0 Å². The van der Waals surface area contributed by atoms with Gasteiger partial charge in [0.15, 0.2) is 11.5 Å². The first-order valence-corrected chi connectivity index (χ1v) is 11.5. The summed E-state index contributed by atoms with van der Waals surface area (Å²) in [6.45, 7) is 3.56. The molecule has 168 valence electrons. The Hall–Kier alpha value is -3.39. The predicted molar refractivity (Wildman–Crippen MR) is 118 cm³/mol. The number of rotatable bonds is 1. The van der Waals surface area contributed by atoms with Gasteiger partial charge in [-0.15, -0.1) is 0 Å². The smallest absolute Gasteiger partial charge is 0.250 e. The van der Waals surface area contributed by atoms with Crippen molar-refractivity contribution in [3.8, 4) is 11.5 Å². The molecule has 8 nitrogen and oxygen atoms in total. The van der Waals surface area contributed by atoms with Gasteiger partial charge in [-0.3, -0.25) is 19.3 Å². The minimum Gasteiger partial charge on any atom is -0.486 e. The van der Waals surface area contributed by atoms with Crippen LogP contribution in [-0.2, 0) is 19.9 Å². The molecule has 1 spiro atoms. The predicted octanol–water partition coefficient (Wildman–Crippen LogP) is 2.20. The number of benzene rings is 2. The second kappa shape index (κ2) is 6.35. The van der Waals surface area contributed by atoms with Gasteiger partial charge in [0, 0.05) is 23.4 Å². The number of nitrogens with one attached hydrogen (secondary N) is 1. The molecule has 2 aromatic rings. The Labute approximate surface area is 190 Å². The maximum atomic E-state index is 14.0. The third-order valence-electron chi connectivity index (χ3n) is 7.93. The highest BCUT2D eigenvalue weighted by Crippen LogP contribution is 2.60. The fraction of sp³-hybridized carbons (Fsp3) is 0.400. The molecule has 0 saturated carbocycles. The summed E-state index contributed by atoms with van der Waals surface area (Å²) in [5.41, 5.74) is 1.88. The standard InChI is InChI=1S/C25H23N3O5/c1-13-4-6-16-15(11-13)25(24(31)26-16)21-20(17-3-2-8-27(17)25)22(29)28(23(21)30)14-5-7-18-19(12-14)33-10-9-32-18/h4-7,11-12,17,20-21H,2-3,8-10H2,1H3,(H,26,31)/t17-,20+,21-,25+/m0/s1. The number of carbonyl (C=O) groups excluding carboxylic acids is 3. The van der Waals surface area contributed by atoms with Gasteiger partial charge in [0.05, 0.1) is 17.5 Å². The molecular formula is C25H23N3O5. The number of hydrogen-bond acceptors (Lipinski definition) is 6. The summed E-state index contributed by atoms with van der Waals surface area (Å²) in [4.78, 5) is 44.9. The molecule has 0 radical (unpaired) electrons. The molecule has 4 atom stereocenters. The van der Waals surface area contributed by atoms with Crippen molar-refractivity contribution in [1.29, 1.82) is 0 Å². The number of carbonyl (C=O) groups is 3. The zero-order chi connectivity index (χ0) is 22.5. The van der Waals surface area contributed by atoms with Crippen LogP contribution in [0.1, 0.15) is 24.0 Å². The summed E-state index contributed by atoms with van der Waals surface area (Å²) in [6, 6.07) is 10.9. The van der Waals surface area contributed by atoms with Crippen molar-refractivity contribution in [2.45, 2.75) is 31.3 Å². The Morgan fingerprint density at radius 3 is 2.67 bits per heavy atom. The molecule has 0 bridgehead atoms. The summed E-state index contributed by atoms with van der Waals surface area (Å²) in [7, 11) is 0. The molecule has 3 amide bonds. The van der Waals surface area contributed by atoms with E-state index in [0.29, 0.717) is 36.9 Å². The van der Waals surface area contributed by atoms with Gasteiger partial charge >= 0.3 is 0 Å². The topological polar surface area (TPSA) is 88.2 Å². The fourth-order valence-corrected chi connectivity index (χ4v) is 6.74. The second-order valence-corrected chi connectivity index (χ2v) is 9.52. The fourth-order valence-electron chi connectivity index (χ4n) is 6.74. The molecule has 2 aromatic carbocycles. The van der Waals surface area contributed by atoms with E-state index in [1.165, 1.54) is 4.90 Å². The van der Waals surface area contributed by atoms with E-state index in [-0.39, 0.29) is 23.8 Å². The van der Waals surface area contributed by atoms with Crippen LogP contribution in [0.4, 0.5) is 11.4 Å². The first-order chi connectivity index (χ1) is 16.0. The molecule has 5 aliphatic heterocycles. The highest BCUT2D eigenvalue weighted by molar-refractivity contribution is 6.26. The third-order valence-corrected chi connectivity index (χ3v) is 7.93. The third kappa shape index (κ3) is 2.22. The SMILES string of the molecule is Cc1ccc2c(c1)[C@]1(C(=O)N2)[C@@H]2C(=O)N(c3ccc4c(c3)OCCO4)C(=O)[C@@H]2[C@@H]2CCCN21. The summed E-state index contributed by atoms with van der Waals surface area (Å²) >= 11 is 0. The number of nitrogens with zero attached hydrogens (tertiary/aromatic N) is 2. The van der Waals surface area contributed by atoms with E-state index < -0.39 is 17.4 Å². The van der Waals surface area contributed by atoms with Crippen molar-refractivity contribution in [3.05, 3.63) is 47.5 Å². The maximum Gasteiger partial charge on any atom is 0.250 e. The van der Waals surface area contributed by atoms with Crippen molar-refractivity contribution >= 4 is 29.1 Å². The van der Waals surface area contributed by atoms with E-state index in [1.54, 1.807) is 18.2 Å². The Balaban J connectivity index is 1.39. The second-order valence-electron chi connectivity index (χ2n) is 9.52. The van der Waals surface area contributed by atoms with Crippen LogP contribution in [0.25, 0.3) is 0 Å². The van der Waals surface area contributed by atoms with Crippen LogP contribution < -0.4 is 19.7 Å². The minimum atomic E-state index is -1.15. The number of imide groups is 1. The first kappa shape index (κ1) is 19.1. The first-order valence-electron chi connectivity index (χ1n) is 11.5. The van der Waals surface area contributed by atoms with E-state index in [2.05, 4.69) is 10.2 Å². The highest BCUT2D eigenvalue weighted by Gasteiger charge is 2.74. The highest BCUT2D eigenvalue weighted by atomic mass is 16.6. The zero-order valence-corrected chi connectivity index (χ0v) is 18.2. The summed E-state index contributed by atoms with van der Waals surface area (Å²) in [5.74, 6) is -0.940. The minimum absolute atomic E-state index is 0.133. The normalized spacial score (nSPS) is 31.7. The van der Waals surface area contributed by atoms with Crippen molar-refractivity contribution in [2.75, 3.05) is 30.0 Å². The van der Waals surface area contributed by atoms with E-state index in [0.717, 1.165) is 29.7 Å². The molecule has 0 unspecified atom stereocenters. The molecule has 5 heterocycles. The average molecular weight is 445 g/mol. The molecule has 5 aliphatic rings. The van der Waals surface area contributed by atoms with Crippen molar-refractivity contribution in [3.63, 3.8) is 0 Å². The van der Waals surface area contributed by atoms with E-state index >= 15 is 0 Å². The van der Waals surface area contributed by atoms with Crippen LogP contribution >= 0.6 is 0 Å². The van der Waals surface area contributed by atoms with Gasteiger partial charge in [0.2, 0.25) is 17.7 Å². The molecular weight excluding hydrogens is 422 g/mol. The van der Waals surface area contributed by atoms with Crippen molar-refractivity contribution in [1.82, 2.24) is 4.90 Å². The average Bonchev–Trinajstić information content (AvgIpc) is 3.52. The number of fused-ring (bicyclic) bond motifs is 8. The van der Waals surface area contributed by atoms with Gasteiger partial charge in [0.25, 0.3) is 0 Å². The number of hydrogen-bond donors (Lipinski definition) is 1. The molecule has 3 saturated heterocycles. The quantitative estimate of drug-likeness (QED) is 0.677. The Bertz CT molecular complexity index is 1260. The lowest BCUT2D eigenvalue weighted by Gasteiger charge is -2.36. The number of amides is 3. The van der Waals surface area contributed by atoms with E-state index in [4.69, 9.17) is 9.47 Å². The van der Waals surface area contributed by atoms with Crippen LogP contribution in [0, 0.1) is 18.8 Å². The maximum absolute atomic E-state index is 14.0. The summed E-state index contributed by atoms with van der Waals surface area (Å²) in [5, 5.41) is 3.01. The van der Waals surface area contributed by atoms with Crippen LogP contribution in [0.5, 0.6) is 11.5 Å². The van der Waals surface area contributed by atoms with E-state index in [1.807, 2.05) is 25.1 Å². The molecule has 0 aromatic heterocycles. The molecule has 33 heavy (non-hydrogen) atoms. The Morgan fingerprint density at radius 1 is 1.00 bits per heavy atom. The molecule has 7 rings (SSSR count). The summed E-state index contributed by atoms with van der Waals surface area (Å²) in [6.07, 6.45) is 1.70. The Morgan fingerprint density at radius 2 is 1.82 bits per heavy atom. The van der Waals surface area contributed by atoms with Gasteiger partial charge in [-0.05, 0) is 44.5 Å². The van der Waals surface area contributed by atoms with Crippen molar-refractivity contribution < 1.29 is 23.9 Å². The van der Waals surface area contributed by atoms with Gasteiger partial charge in [-0.1, -0.05) is 17.7 Å². The van der Waals surface area contributed by atoms with Crippen molar-refractivity contribution in [2.24, 2.45) is 11.8 Å². The molecule has 3 fully saturated rings. The number of ether oxygens (including phenoxy) is 2. The van der Waals surface area contributed by atoms with Gasteiger partial charge in [-0.25, -0.2) is 4.90 Å². The molecule has 1 N–H and O–H groups in total. The number of anilines is 2. The van der Waals surface area contributed by atoms with Gasteiger partial charge in [0.1, 0.15) is 18.8 Å². The molecule has 0 aliphatic carbocycles. The van der Waals surface area contributed by atoms with Gasteiger partial charge < -0.3 is 14.8 Å². The van der Waals surface area contributed by atoms with Crippen LogP contribution in [-0.4, -0.2) is 48.4 Å². The van der Waals surface area contributed by atoms with Crippen LogP contribution in [0.2, 0.25) is 0 Å². The lowest BCUT2D eigenvalue weighted by molar-refractivity contribution is -0.135. The van der Waals surface area contributed by atoms with Crippen LogP contribution in [0.15, 0.2) is 36.4 Å². The monoisotopic (exact) mass is 445 g/mol. The lowest BCUT2D eigenvalue weighted by atomic mass is 9.75. The molecule has 8 heteroatoms. The number of aryl methyl sites for hydroxylation is 1. The van der Waals surface area contributed by atoms with Gasteiger partial charge in [-0.2, -0.15) is 0 Å². The Kier molecular flexibility index (Phi) is 3.68. The van der Waals surface area contributed by atoms with E-state index in [9.17, 15) is 14.4 Å². The largest absolute Gasteiger partial charge is 0.486 e. The summed E-state index contributed by atoms with van der Waals surface area (Å²) < 4.78 is 11.3. The lowest BCUT2D eigenvalue weighted by Crippen LogP contribution is -2.54. The zero-order valence-electron chi connectivity index (χ0n) is 18.2.